The maximum Gasteiger partial charge on any atom is 0.270 e. The molecule has 0 heterocycles. The number of nitrogens with one attached hydrogen (secondary N) is 1. The van der Waals surface area contributed by atoms with Gasteiger partial charge < -0.3 is 14.8 Å². The summed E-state index contributed by atoms with van der Waals surface area (Å²) in [6.45, 7) is 0.487. The summed E-state index contributed by atoms with van der Waals surface area (Å²) in [4.78, 5) is 16.4. The summed E-state index contributed by atoms with van der Waals surface area (Å²) in [5, 5.41) is 3.51. The number of halogens is 1. The quantitative estimate of drug-likeness (QED) is 0.772. The largest absolute Gasteiger partial charge is 0.493 e. The standard InChI is InChI=1S/C19H21ClN2O3/c1-21-18(14-5-7-15(20)8-6-14)19(23)22-11-10-13-4-9-16(24-2)17(12-13)25-3/h4-9,12H,10-11H2,1-3H3,(H,22,23). The highest BCUT2D eigenvalue weighted by Crippen LogP contribution is 2.27. The maximum absolute atomic E-state index is 12.4. The number of rotatable bonds is 7. The van der Waals surface area contributed by atoms with Gasteiger partial charge in [-0.1, -0.05) is 29.8 Å². The second-order valence-electron chi connectivity index (χ2n) is 5.27. The Morgan fingerprint density at radius 2 is 1.76 bits per heavy atom. The summed E-state index contributed by atoms with van der Waals surface area (Å²) in [6, 6.07) is 12.7. The molecule has 1 N–H and O–H groups in total. The molecule has 0 fully saturated rings. The normalized spacial score (nSPS) is 11.1. The molecule has 0 radical (unpaired) electrons. The lowest BCUT2D eigenvalue weighted by atomic mass is 10.1. The van der Waals surface area contributed by atoms with Crippen LogP contribution in [0.1, 0.15) is 11.1 Å². The van der Waals surface area contributed by atoms with Crippen LogP contribution < -0.4 is 14.8 Å². The molecule has 25 heavy (non-hydrogen) atoms. The molecule has 132 valence electrons. The zero-order chi connectivity index (χ0) is 18.2. The molecule has 0 aliphatic rings. The first-order valence-corrected chi connectivity index (χ1v) is 8.18. The topological polar surface area (TPSA) is 59.9 Å². The first-order valence-electron chi connectivity index (χ1n) is 7.81. The van der Waals surface area contributed by atoms with Crippen molar-refractivity contribution in [2.45, 2.75) is 6.42 Å². The van der Waals surface area contributed by atoms with E-state index in [-0.39, 0.29) is 5.91 Å². The summed E-state index contributed by atoms with van der Waals surface area (Å²) in [7, 11) is 4.79. The molecule has 2 rings (SSSR count). The molecule has 0 aliphatic carbocycles. The van der Waals surface area contributed by atoms with Gasteiger partial charge in [0.05, 0.1) is 14.2 Å². The van der Waals surface area contributed by atoms with Crippen molar-refractivity contribution in [2.75, 3.05) is 27.8 Å². The van der Waals surface area contributed by atoms with Crippen molar-refractivity contribution in [1.82, 2.24) is 5.32 Å². The Hall–Kier alpha value is -2.53. The van der Waals surface area contributed by atoms with Crippen molar-refractivity contribution in [3.8, 4) is 11.5 Å². The highest BCUT2D eigenvalue weighted by molar-refractivity contribution is 6.45. The number of aliphatic imine (C=N–C) groups is 1. The number of methoxy groups -OCH3 is 2. The molecule has 0 atom stereocenters. The molecule has 0 spiro atoms. The van der Waals surface area contributed by atoms with Crippen molar-refractivity contribution in [3.63, 3.8) is 0 Å². The van der Waals surface area contributed by atoms with Gasteiger partial charge in [-0.2, -0.15) is 0 Å². The fourth-order valence-electron chi connectivity index (χ4n) is 2.41. The van der Waals surface area contributed by atoms with E-state index in [1.54, 1.807) is 45.5 Å². The number of hydrogen-bond acceptors (Lipinski definition) is 4. The van der Waals surface area contributed by atoms with Crippen LogP contribution >= 0.6 is 11.6 Å². The van der Waals surface area contributed by atoms with E-state index < -0.39 is 0 Å². The number of carbonyl (C=O) groups excluding carboxylic acids is 1. The van der Waals surface area contributed by atoms with Gasteiger partial charge in [-0.15, -0.1) is 0 Å². The molecular formula is C19H21ClN2O3. The molecule has 2 aromatic carbocycles. The van der Waals surface area contributed by atoms with Crippen LogP contribution in [0.3, 0.4) is 0 Å². The van der Waals surface area contributed by atoms with Crippen molar-refractivity contribution >= 4 is 23.2 Å². The highest BCUT2D eigenvalue weighted by Gasteiger charge is 2.13. The van der Waals surface area contributed by atoms with Crippen LogP contribution in [0.4, 0.5) is 0 Å². The van der Waals surface area contributed by atoms with Gasteiger partial charge in [-0.05, 0) is 36.2 Å². The minimum atomic E-state index is -0.217. The molecule has 0 aromatic heterocycles. The SMILES string of the molecule is CN=C(C(=O)NCCc1ccc(OC)c(OC)c1)c1ccc(Cl)cc1. The Morgan fingerprint density at radius 1 is 1.08 bits per heavy atom. The number of carbonyl (C=O) groups is 1. The lowest BCUT2D eigenvalue weighted by molar-refractivity contribution is -0.114. The second kappa shape index (κ2) is 9.08. The fraction of sp³-hybridized carbons (Fsp3) is 0.263. The van der Waals surface area contributed by atoms with Crippen LogP contribution in [0.15, 0.2) is 47.5 Å². The Bertz CT molecular complexity index is 758. The molecule has 0 saturated carbocycles. The molecule has 5 nitrogen and oxygen atoms in total. The van der Waals surface area contributed by atoms with Gasteiger partial charge >= 0.3 is 0 Å². The van der Waals surface area contributed by atoms with E-state index in [1.165, 1.54) is 0 Å². The molecule has 6 heteroatoms. The van der Waals surface area contributed by atoms with Crippen LogP contribution in [-0.2, 0) is 11.2 Å². The van der Waals surface area contributed by atoms with E-state index in [0.29, 0.717) is 35.2 Å². The smallest absolute Gasteiger partial charge is 0.270 e. The van der Waals surface area contributed by atoms with Gasteiger partial charge in [0.25, 0.3) is 5.91 Å². The molecule has 0 unspecified atom stereocenters. The average Bonchev–Trinajstić information content (AvgIpc) is 2.63. The first-order chi connectivity index (χ1) is 12.1. The van der Waals surface area contributed by atoms with Crippen LogP contribution in [0.2, 0.25) is 5.02 Å². The predicted molar refractivity (Wildman–Crippen MR) is 100 cm³/mol. The van der Waals surface area contributed by atoms with Crippen LogP contribution in [0, 0.1) is 0 Å². The molecule has 2 aromatic rings. The Kier molecular flexibility index (Phi) is 6.83. The first kappa shape index (κ1) is 18.8. The number of nitrogens with zero attached hydrogens (tertiary/aromatic N) is 1. The Balaban J connectivity index is 1.96. The lowest BCUT2D eigenvalue weighted by Crippen LogP contribution is -2.33. The summed E-state index contributed by atoms with van der Waals surface area (Å²) in [5.74, 6) is 1.13. The summed E-state index contributed by atoms with van der Waals surface area (Å²) in [6.07, 6.45) is 0.670. The van der Waals surface area contributed by atoms with Gasteiger partial charge in [0.1, 0.15) is 5.71 Å². The molecular weight excluding hydrogens is 340 g/mol. The van der Waals surface area contributed by atoms with E-state index in [1.807, 2.05) is 18.2 Å². The van der Waals surface area contributed by atoms with E-state index in [2.05, 4.69) is 10.3 Å². The third-order valence-electron chi connectivity index (χ3n) is 3.70. The molecule has 0 bridgehead atoms. The Labute approximate surface area is 152 Å². The third kappa shape index (κ3) is 4.97. The summed E-state index contributed by atoms with van der Waals surface area (Å²) >= 11 is 5.88. The minimum absolute atomic E-state index is 0.217. The Morgan fingerprint density at radius 3 is 2.36 bits per heavy atom. The van der Waals surface area contributed by atoms with Crippen molar-refractivity contribution in [2.24, 2.45) is 4.99 Å². The molecule has 0 saturated heterocycles. The predicted octanol–water partition coefficient (Wildman–Crippen LogP) is 3.14. The second-order valence-corrected chi connectivity index (χ2v) is 5.71. The number of amides is 1. The van der Waals surface area contributed by atoms with Crippen molar-refractivity contribution in [1.29, 1.82) is 0 Å². The molecule has 1 amide bonds. The van der Waals surface area contributed by atoms with E-state index in [9.17, 15) is 4.79 Å². The van der Waals surface area contributed by atoms with Crippen molar-refractivity contribution in [3.05, 3.63) is 58.6 Å². The van der Waals surface area contributed by atoms with Crippen LogP contribution in [-0.4, -0.2) is 39.4 Å². The van der Waals surface area contributed by atoms with E-state index >= 15 is 0 Å². The van der Waals surface area contributed by atoms with E-state index in [4.69, 9.17) is 21.1 Å². The van der Waals surface area contributed by atoms with Crippen LogP contribution in [0.5, 0.6) is 11.5 Å². The minimum Gasteiger partial charge on any atom is -0.493 e. The van der Waals surface area contributed by atoms with Gasteiger partial charge in [0.2, 0.25) is 0 Å². The zero-order valence-electron chi connectivity index (χ0n) is 14.5. The van der Waals surface area contributed by atoms with Crippen LogP contribution in [0.25, 0.3) is 0 Å². The number of ether oxygens (including phenoxy) is 2. The number of hydrogen-bond donors (Lipinski definition) is 1. The summed E-state index contributed by atoms with van der Waals surface area (Å²) < 4.78 is 10.5. The third-order valence-corrected chi connectivity index (χ3v) is 3.96. The monoisotopic (exact) mass is 360 g/mol. The fourth-order valence-corrected chi connectivity index (χ4v) is 2.54. The van der Waals surface area contributed by atoms with E-state index in [0.717, 1.165) is 11.1 Å². The highest BCUT2D eigenvalue weighted by atomic mass is 35.5. The summed E-state index contributed by atoms with van der Waals surface area (Å²) in [5.41, 5.74) is 2.15. The maximum atomic E-state index is 12.4. The van der Waals surface area contributed by atoms with Gasteiger partial charge in [-0.25, -0.2) is 0 Å². The van der Waals surface area contributed by atoms with Gasteiger partial charge in [0.15, 0.2) is 11.5 Å². The van der Waals surface area contributed by atoms with Crippen molar-refractivity contribution < 1.29 is 14.3 Å². The van der Waals surface area contributed by atoms with Gasteiger partial charge in [-0.3, -0.25) is 9.79 Å². The van der Waals surface area contributed by atoms with Gasteiger partial charge in [0, 0.05) is 24.2 Å². The molecule has 0 aliphatic heterocycles. The number of benzene rings is 2. The lowest BCUT2D eigenvalue weighted by Gasteiger charge is -2.11. The zero-order valence-corrected chi connectivity index (χ0v) is 15.3. The average molecular weight is 361 g/mol.